The Labute approximate surface area is 132 Å². The van der Waals surface area contributed by atoms with Gasteiger partial charge in [0.2, 0.25) is 16.9 Å². The number of rotatable bonds is 5. The van der Waals surface area contributed by atoms with E-state index in [2.05, 4.69) is 51.3 Å². The van der Waals surface area contributed by atoms with Crippen LogP contribution < -0.4 is 0 Å². The smallest absolute Gasteiger partial charge is 0.237 e. The number of aromatic nitrogens is 5. The molecule has 2 heterocycles. The highest BCUT2D eigenvalue weighted by Gasteiger charge is 2.11. The zero-order valence-corrected chi connectivity index (χ0v) is 13.5. The van der Waals surface area contributed by atoms with Gasteiger partial charge in [-0.25, -0.2) is 4.98 Å². The topological polar surface area (TPSA) is 80.5 Å². The molecular weight excluding hydrogens is 298 g/mol. The van der Waals surface area contributed by atoms with Crippen LogP contribution in [-0.4, -0.2) is 25.3 Å². The van der Waals surface area contributed by atoms with Crippen molar-refractivity contribution < 1.29 is 4.52 Å². The fourth-order valence-corrected chi connectivity index (χ4v) is 2.64. The van der Waals surface area contributed by atoms with Crippen molar-refractivity contribution >= 4 is 11.8 Å². The summed E-state index contributed by atoms with van der Waals surface area (Å²) in [5.41, 5.74) is 2.25. The Morgan fingerprint density at radius 3 is 2.59 bits per heavy atom. The van der Waals surface area contributed by atoms with Crippen molar-refractivity contribution in [2.75, 3.05) is 0 Å². The van der Waals surface area contributed by atoms with Gasteiger partial charge in [0, 0.05) is 5.56 Å². The maximum absolute atomic E-state index is 5.28. The monoisotopic (exact) mass is 315 g/mol. The average Bonchev–Trinajstić information content (AvgIpc) is 3.14. The van der Waals surface area contributed by atoms with Crippen molar-refractivity contribution in [1.29, 1.82) is 0 Å². The van der Waals surface area contributed by atoms with E-state index in [-0.39, 0.29) is 0 Å². The normalized spacial score (nSPS) is 11.3. The lowest BCUT2D eigenvalue weighted by molar-refractivity contribution is 0.391. The van der Waals surface area contributed by atoms with Crippen molar-refractivity contribution in [3.05, 3.63) is 41.5 Å². The van der Waals surface area contributed by atoms with E-state index >= 15 is 0 Å². The highest BCUT2D eigenvalue weighted by Crippen LogP contribution is 2.23. The summed E-state index contributed by atoms with van der Waals surface area (Å²) in [4.78, 5) is 8.64. The molecule has 7 heteroatoms. The Balaban J connectivity index is 1.67. The molecule has 3 aromatic rings. The van der Waals surface area contributed by atoms with Gasteiger partial charge in [0.05, 0.1) is 5.75 Å². The minimum absolute atomic E-state index is 0.510. The summed E-state index contributed by atoms with van der Waals surface area (Å²) in [5, 5.41) is 11.6. The molecule has 0 saturated heterocycles. The SMILES string of the molecule is Cc1nc(SCc2nc(-c3ccc(C(C)C)cc3)no2)n[nH]1. The van der Waals surface area contributed by atoms with Crippen LogP contribution in [0.5, 0.6) is 0 Å². The summed E-state index contributed by atoms with van der Waals surface area (Å²) in [6.07, 6.45) is 0. The van der Waals surface area contributed by atoms with Crippen LogP contribution in [-0.2, 0) is 5.75 Å². The Kier molecular flexibility index (Phi) is 4.24. The van der Waals surface area contributed by atoms with E-state index < -0.39 is 0 Å². The van der Waals surface area contributed by atoms with E-state index in [0.29, 0.717) is 28.5 Å². The molecule has 2 aromatic heterocycles. The van der Waals surface area contributed by atoms with Gasteiger partial charge in [-0.1, -0.05) is 55.0 Å². The summed E-state index contributed by atoms with van der Waals surface area (Å²) < 4.78 is 5.28. The van der Waals surface area contributed by atoms with Crippen LogP contribution in [0.25, 0.3) is 11.4 Å². The summed E-state index contributed by atoms with van der Waals surface area (Å²) in [6.45, 7) is 6.20. The summed E-state index contributed by atoms with van der Waals surface area (Å²) in [7, 11) is 0. The molecule has 0 aliphatic heterocycles. The van der Waals surface area contributed by atoms with Gasteiger partial charge in [0.15, 0.2) is 0 Å². The van der Waals surface area contributed by atoms with Crippen molar-refractivity contribution in [3.63, 3.8) is 0 Å². The Hall–Kier alpha value is -2.15. The van der Waals surface area contributed by atoms with Crippen LogP contribution >= 0.6 is 11.8 Å². The first-order chi connectivity index (χ1) is 10.6. The molecule has 0 aliphatic rings. The van der Waals surface area contributed by atoms with Crippen molar-refractivity contribution in [2.45, 2.75) is 37.6 Å². The standard InChI is InChI=1S/C15H17N5OS/c1-9(2)11-4-6-12(7-5-11)14-17-13(21-20-14)8-22-15-16-10(3)18-19-15/h4-7,9H,8H2,1-3H3,(H,16,18,19). The molecule has 0 spiro atoms. The lowest BCUT2D eigenvalue weighted by Crippen LogP contribution is -1.88. The Morgan fingerprint density at radius 2 is 1.95 bits per heavy atom. The molecule has 0 unspecified atom stereocenters. The lowest BCUT2D eigenvalue weighted by atomic mass is 10.0. The molecule has 1 N–H and O–H groups in total. The number of aryl methyl sites for hydroxylation is 1. The van der Waals surface area contributed by atoms with Gasteiger partial charge in [-0.15, -0.1) is 5.10 Å². The van der Waals surface area contributed by atoms with Gasteiger partial charge in [0.1, 0.15) is 5.82 Å². The highest BCUT2D eigenvalue weighted by molar-refractivity contribution is 7.98. The summed E-state index contributed by atoms with van der Waals surface area (Å²) >= 11 is 1.46. The number of thioether (sulfide) groups is 1. The van der Waals surface area contributed by atoms with E-state index in [1.807, 2.05) is 19.1 Å². The molecule has 114 valence electrons. The number of hydrogen-bond acceptors (Lipinski definition) is 6. The van der Waals surface area contributed by atoms with Gasteiger partial charge in [0.25, 0.3) is 0 Å². The molecule has 0 atom stereocenters. The first-order valence-electron chi connectivity index (χ1n) is 7.06. The molecule has 22 heavy (non-hydrogen) atoms. The third-order valence-corrected chi connectivity index (χ3v) is 4.04. The fourth-order valence-electron chi connectivity index (χ4n) is 1.96. The quantitative estimate of drug-likeness (QED) is 0.725. The summed E-state index contributed by atoms with van der Waals surface area (Å²) in [6, 6.07) is 8.24. The van der Waals surface area contributed by atoms with E-state index in [0.717, 1.165) is 11.4 Å². The number of nitrogens with zero attached hydrogens (tertiary/aromatic N) is 4. The van der Waals surface area contributed by atoms with Crippen LogP contribution in [0, 0.1) is 6.92 Å². The van der Waals surface area contributed by atoms with Crippen LogP contribution in [0.1, 0.15) is 37.0 Å². The molecule has 6 nitrogen and oxygen atoms in total. The maximum Gasteiger partial charge on any atom is 0.237 e. The fraction of sp³-hybridized carbons (Fsp3) is 0.333. The first kappa shape index (κ1) is 14.8. The number of nitrogens with one attached hydrogen (secondary N) is 1. The predicted octanol–water partition coefficient (Wildman–Crippen LogP) is 3.58. The maximum atomic E-state index is 5.28. The van der Waals surface area contributed by atoms with Crippen molar-refractivity contribution in [3.8, 4) is 11.4 Å². The van der Waals surface area contributed by atoms with Crippen molar-refractivity contribution in [1.82, 2.24) is 25.3 Å². The van der Waals surface area contributed by atoms with Gasteiger partial charge in [-0.2, -0.15) is 4.98 Å². The molecule has 0 saturated carbocycles. The lowest BCUT2D eigenvalue weighted by Gasteiger charge is -2.04. The van der Waals surface area contributed by atoms with Crippen LogP contribution in [0.3, 0.4) is 0 Å². The van der Waals surface area contributed by atoms with E-state index in [1.54, 1.807) is 0 Å². The predicted molar refractivity (Wildman–Crippen MR) is 84.5 cm³/mol. The number of benzene rings is 1. The van der Waals surface area contributed by atoms with Gasteiger partial charge >= 0.3 is 0 Å². The molecule has 0 radical (unpaired) electrons. The minimum Gasteiger partial charge on any atom is -0.338 e. The highest BCUT2D eigenvalue weighted by atomic mass is 32.2. The van der Waals surface area contributed by atoms with E-state index in [4.69, 9.17) is 4.52 Å². The molecule has 0 bridgehead atoms. The molecule has 0 aliphatic carbocycles. The molecule has 0 amide bonds. The van der Waals surface area contributed by atoms with Crippen LogP contribution in [0.15, 0.2) is 33.9 Å². The second-order valence-electron chi connectivity index (χ2n) is 5.28. The second-order valence-corrected chi connectivity index (χ2v) is 6.22. The largest absolute Gasteiger partial charge is 0.338 e. The number of H-pyrrole nitrogens is 1. The number of hydrogen-bond donors (Lipinski definition) is 1. The third kappa shape index (κ3) is 3.36. The molecule has 3 rings (SSSR count). The van der Waals surface area contributed by atoms with Gasteiger partial charge in [-0.3, -0.25) is 5.10 Å². The average molecular weight is 315 g/mol. The molecular formula is C15H17N5OS. The Morgan fingerprint density at radius 1 is 1.18 bits per heavy atom. The second kappa shape index (κ2) is 6.31. The third-order valence-electron chi connectivity index (χ3n) is 3.21. The zero-order chi connectivity index (χ0) is 15.5. The Bertz CT molecular complexity index is 747. The molecule has 1 aromatic carbocycles. The van der Waals surface area contributed by atoms with E-state index in [1.165, 1.54) is 17.3 Å². The van der Waals surface area contributed by atoms with Crippen molar-refractivity contribution in [2.24, 2.45) is 0 Å². The minimum atomic E-state index is 0.510. The number of aromatic amines is 1. The van der Waals surface area contributed by atoms with E-state index in [9.17, 15) is 0 Å². The van der Waals surface area contributed by atoms with Gasteiger partial charge < -0.3 is 4.52 Å². The molecule has 0 fully saturated rings. The van der Waals surface area contributed by atoms with Crippen LogP contribution in [0.2, 0.25) is 0 Å². The summed E-state index contributed by atoms with van der Waals surface area (Å²) in [5.74, 6) is 3.02. The van der Waals surface area contributed by atoms with Gasteiger partial charge in [-0.05, 0) is 18.4 Å². The first-order valence-corrected chi connectivity index (χ1v) is 8.05. The zero-order valence-electron chi connectivity index (χ0n) is 12.7. The van der Waals surface area contributed by atoms with Crippen LogP contribution in [0.4, 0.5) is 0 Å².